The zero-order valence-corrected chi connectivity index (χ0v) is 9.93. The summed E-state index contributed by atoms with van der Waals surface area (Å²) in [5.41, 5.74) is -0.697. The second-order valence-electron chi connectivity index (χ2n) is 4.23. The highest BCUT2D eigenvalue weighted by Gasteiger charge is 2.51. The highest BCUT2D eigenvalue weighted by molar-refractivity contribution is 7.91. The van der Waals surface area contributed by atoms with Crippen molar-refractivity contribution in [3.63, 3.8) is 0 Å². The smallest absolute Gasteiger partial charge is 0.312 e. The summed E-state index contributed by atoms with van der Waals surface area (Å²) in [5.74, 6) is 0.260. The Morgan fingerprint density at radius 3 is 2.50 bits per heavy atom. The van der Waals surface area contributed by atoms with Gasteiger partial charge in [-0.05, 0) is 19.8 Å². The predicted octanol–water partition coefficient (Wildman–Crippen LogP) is -0.0438. The first-order chi connectivity index (χ1) is 7.41. The molecule has 2 heterocycles. The van der Waals surface area contributed by atoms with E-state index in [-0.39, 0.29) is 23.4 Å². The van der Waals surface area contributed by atoms with Gasteiger partial charge in [0.05, 0.1) is 11.5 Å². The van der Waals surface area contributed by atoms with Crippen molar-refractivity contribution in [2.24, 2.45) is 0 Å². The fourth-order valence-corrected chi connectivity index (χ4v) is 3.96. The Hall–Kier alpha value is -1.11. The minimum absolute atomic E-state index is 0.0564. The molecule has 90 valence electrons. The lowest BCUT2D eigenvalue weighted by Crippen LogP contribution is -2.54. The monoisotopic (exact) mass is 245 g/mol. The lowest BCUT2D eigenvalue weighted by molar-refractivity contribution is 0.170. The Bertz CT molecular complexity index is 429. The molecule has 0 aromatic rings. The summed E-state index contributed by atoms with van der Waals surface area (Å²) in [5, 5.41) is 10.3. The van der Waals surface area contributed by atoms with E-state index >= 15 is 0 Å². The maximum Gasteiger partial charge on any atom is 0.323 e. The van der Waals surface area contributed by atoms with Crippen LogP contribution in [-0.4, -0.2) is 48.8 Å². The Labute approximate surface area is 94.4 Å². The van der Waals surface area contributed by atoms with Crippen molar-refractivity contribution in [3.05, 3.63) is 0 Å². The third-order valence-electron chi connectivity index (χ3n) is 3.43. The molecule has 0 atom stereocenters. The number of carbonyl (C=O) groups excluding carboxylic acids is 1. The molecule has 1 spiro atoms. The second kappa shape index (κ2) is 3.44. The third kappa shape index (κ3) is 1.50. The molecule has 0 radical (unpaired) electrons. The summed E-state index contributed by atoms with van der Waals surface area (Å²) in [6.45, 7) is 2.33. The molecular weight excluding hydrogens is 230 g/mol. The first-order valence-electron chi connectivity index (χ1n) is 5.29. The van der Waals surface area contributed by atoms with Gasteiger partial charge in [0.2, 0.25) is 0 Å². The maximum absolute atomic E-state index is 11.6. The van der Waals surface area contributed by atoms with Gasteiger partial charge < -0.3 is 4.90 Å². The molecule has 2 fully saturated rings. The van der Waals surface area contributed by atoms with Crippen LogP contribution in [-0.2, 0) is 9.84 Å². The van der Waals surface area contributed by atoms with Gasteiger partial charge in [-0.15, -0.1) is 0 Å². The molecule has 0 bridgehead atoms. The number of hydrogen-bond donors (Lipinski definition) is 2. The van der Waals surface area contributed by atoms with E-state index in [0.29, 0.717) is 19.4 Å². The SMILES string of the molecule is CCN1C(=O)NC(=N)C12CCS(=O)(=O)CC2. The highest BCUT2D eigenvalue weighted by atomic mass is 32.2. The van der Waals surface area contributed by atoms with Crippen molar-refractivity contribution in [1.29, 1.82) is 5.41 Å². The van der Waals surface area contributed by atoms with Crippen LogP contribution in [0.25, 0.3) is 0 Å². The first-order valence-corrected chi connectivity index (χ1v) is 7.11. The molecule has 0 aliphatic carbocycles. The van der Waals surface area contributed by atoms with Gasteiger partial charge in [0, 0.05) is 6.54 Å². The summed E-state index contributed by atoms with van der Waals surface area (Å²) < 4.78 is 22.8. The molecule has 0 unspecified atom stereocenters. The van der Waals surface area contributed by atoms with Crippen molar-refractivity contribution in [3.8, 4) is 0 Å². The van der Waals surface area contributed by atoms with Crippen LogP contribution < -0.4 is 5.32 Å². The summed E-state index contributed by atoms with van der Waals surface area (Å²) in [7, 11) is -2.98. The third-order valence-corrected chi connectivity index (χ3v) is 5.08. The molecule has 2 rings (SSSR count). The molecule has 16 heavy (non-hydrogen) atoms. The lowest BCUT2D eigenvalue weighted by Gasteiger charge is -2.38. The fourth-order valence-electron chi connectivity index (χ4n) is 2.46. The summed E-state index contributed by atoms with van der Waals surface area (Å²) in [6.07, 6.45) is 0.668. The van der Waals surface area contributed by atoms with E-state index in [1.807, 2.05) is 6.92 Å². The predicted molar refractivity (Wildman–Crippen MR) is 59.3 cm³/mol. The number of sulfone groups is 1. The van der Waals surface area contributed by atoms with Gasteiger partial charge in [0.15, 0.2) is 9.84 Å². The van der Waals surface area contributed by atoms with Gasteiger partial charge in [-0.3, -0.25) is 10.7 Å². The average Bonchev–Trinajstić information content (AvgIpc) is 2.43. The van der Waals surface area contributed by atoms with Crippen molar-refractivity contribution in [2.75, 3.05) is 18.1 Å². The van der Waals surface area contributed by atoms with Gasteiger partial charge in [-0.1, -0.05) is 0 Å². The Balaban J connectivity index is 2.31. The topological polar surface area (TPSA) is 90.3 Å². The Morgan fingerprint density at radius 1 is 1.44 bits per heavy atom. The van der Waals surface area contributed by atoms with Crippen LogP contribution in [0, 0.1) is 5.41 Å². The molecule has 0 aromatic heterocycles. The number of nitrogens with zero attached hydrogens (tertiary/aromatic N) is 1. The number of urea groups is 1. The molecule has 2 amide bonds. The Morgan fingerprint density at radius 2 is 2.00 bits per heavy atom. The van der Waals surface area contributed by atoms with Crippen molar-refractivity contribution in [1.82, 2.24) is 10.2 Å². The summed E-state index contributed by atoms with van der Waals surface area (Å²) >= 11 is 0. The number of amidine groups is 1. The number of carbonyl (C=O) groups is 1. The minimum Gasteiger partial charge on any atom is -0.312 e. The summed E-state index contributed by atoms with van der Waals surface area (Å²) in [6, 6.07) is -0.285. The normalized spacial score (nSPS) is 27.2. The van der Waals surface area contributed by atoms with E-state index in [4.69, 9.17) is 5.41 Å². The average molecular weight is 245 g/mol. The number of likely N-dealkylation sites (N-methyl/N-ethyl adjacent to an activating group) is 1. The van der Waals surface area contributed by atoms with Gasteiger partial charge in [-0.2, -0.15) is 0 Å². The molecule has 2 N–H and O–H groups in total. The quantitative estimate of drug-likeness (QED) is 0.679. The van der Waals surface area contributed by atoms with E-state index in [1.54, 1.807) is 4.90 Å². The van der Waals surface area contributed by atoms with Crippen molar-refractivity contribution >= 4 is 21.7 Å². The number of hydrogen-bond acceptors (Lipinski definition) is 4. The molecule has 7 heteroatoms. The molecule has 0 aromatic carbocycles. The van der Waals surface area contributed by atoms with Gasteiger partial charge >= 0.3 is 6.03 Å². The van der Waals surface area contributed by atoms with Crippen LogP contribution >= 0.6 is 0 Å². The largest absolute Gasteiger partial charge is 0.323 e. The highest BCUT2D eigenvalue weighted by Crippen LogP contribution is 2.33. The van der Waals surface area contributed by atoms with E-state index < -0.39 is 15.4 Å². The maximum atomic E-state index is 11.6. The van der Waals surface area contributed by atoms with Gasteiger partial charge in [0.25, 0.3) is 0 Å². The Kier molecular flexibility index (Phi) is 2.45. The van der Waals surface area contributed by atoms with Crippen LogP contribution in [0.1, 0.15) is 19.8 Å². The number of nitrogens with one attached hydrogen (secondary N) is 2. The molecule has 6 nitrogen and oxygen atoms in total. The first kappa shape index (κ1) is 11.4. The van der Waals surface area contributed by atoms with Crippen LogP contribution in [0.5, 0.6) is 0 Å². The molecule has 2 saturated heterocycles. The van der Waals surface area contributed by atoms with E-state index in [1.165, 1.54) is 0 Å². The van der Waals surface area contributed by atoms with Gasteiger partial charge in [-0.25, -0.2) is 13.2 Å². The van der Waals surface area contributed by atoms with E-state index in [2.05, 4.69) is 5.32 Å². The fraction of sp³-hybridized carbons (Fsp3) is 0.778. The molecule has 2 aliphatic heterocycles. The van der Waals surface area contributed by atoms with Crippen molar-refractivity contribution < 1.29 is 13.2 Å². The lowest BCUT2D eigenvalue weighted by atomic mass is 9.90. The zero-order valence-electron chi connectivity index (χ0n) is 9.12. The van der Waals surface area contributed by atoms with Gasteiger partial charge in [0.1, 0.15) is 11.4 Å². The van der Waals surface area contributed by atoms with E-state index in [0.717, 1.165) is 0 Å². The van der Waals surface area contributed by atoms with Crippen LogP contribution in [0.3, 0.4) is 0 Å². The molecular formula is C9H15N3O3S. The zero-order chi connectivity index (χ0) is 12.0. The standard InChI is InChI=1S/C9H15N3O3S/c1-2-12-8(13)11-7(10)9(12)3-5-16(14,15)6-4-9/h2-6H2,1H3,(H2,10,11,13). The van der Waals surface area contributed by atoms with Crippen molar-refractivity contribution in [2.45, 2.75) is 25.3 Å². The second-order valence-corrected chi connectivity index (χ2v) is 6.54. The number of rotatable bonds is 1. The summed E-state index contributed by atoms with van der Waals surface area (Å²) in [4.78, 5) is 13.1. The van der Waals surface area contributed by atoms with E-state index in [9.17, 15) is 13.2 Å². The number of amides is 2. The minimum atomic E-state index is -2.98. The van der Waals surface area contributed by atoms with Crippen LogP contribution in [0.15, 0.2) is 0 Å². The van der Waals surface area contributed by atoms with Crippen LogP contribution in [0.4, 0.5) is 4.79 Å². The molecule has 2 aliphatic rings. The molecule has 0 saturated carbocycles. The van der Waals surface area contributed by atoms with Crippen LogP contribution in [0.2, 0.25) is 0 Å².